The van der Waals surface area contributed by atoms with Crippen LogP contribution in [-0.4, -0.2) is 19.0 Å². The highest BCUT2D eigenvalue weighted by Crippen LogP contribution is 2.22. The largest absolute Gasteiger partial charge is 0.347 e. The lowest BCUT2D eigenvalue weighted by Crippen LogP contribution is -2.47. The number of carbonyl (C=O) groups is 1. The topological polar surface area (TPSA) is 41.1 Å². The third-order valence-electron chi connectivity index (χ3n) is 3.65. The number of amides is 1. The van der Waals surface area contributed by atoms with Gasteiger partial charge in [0.15, 0.2) is 0 Å². The van der Waals surface area contributed by atoms with Gasteiger partial charge in [-0.15, -0.1) is 0 Å². The molecule has 1 unspecified atom stereocenters. The molecule has 0 aliphatic carbocycles. The molecule has 19 heavy (non-hydrogen) atoms. The van der Waals surface area contributed by atoms with Crippen LogP contribution in [0.1, 0.15) is 32.3 Å². The minimum atomic E-state index is -0.559. The van der Waals surface area contributed by atoms with E-state index in [-0.39, 0.29) is 17.6 Å². The van der Waals surface area contributed by atoms with E-state index in [1.807, 2.05) is 19.9 Å². The number of hydrogen-bond acceptors (Lipinski definition) is 2. The van der Waals surface area contributed by atoms with Crippen LogP contribution in [0.2, 0.25) is 0 Å². The Kier molecular flexibility index (Phi) is 4.20. The van der Waals surface area contributed by atoms with Crippen molar-refractivity contribution in [2.24, 2.45) is 5.92 Å². The standard InChI is InChI=1S/C15H21FN2O/c1-15(2,12-6-3-7-13(16)9-12)18-14(19)11-5-4-8-17-10-11/h3,6-7,9,11,17H,4-5,8,10H2,1-2H3,(H,18,19). The normalized spacial score (nSPS) is 20.1. The van der Waals surface area contributed by atoms with Gasteiger partial charge < -0.3 is 10.6 Å². The molecule has 104 valence electrons. The first kappa shape index (κ1) is 14.0. The predicted octanol–water partition coefficient (Wildman–Crippen LogP) is 2.18. The summed E-state index contributed by atoms with van der Waals surface area (Å²) in [5, 5.41) is 6.25. The molecule has 3 nitrogen and oxygen atoms in total. The molecular weight excluding hydrogens is 243 g/mol. The molecule has 0 spiro atoms. The number of carbonyl (C=O) groups excluding carboxylic acids is 1. The molecule has 1 heterocycles. The Morgan fingerprint density at radius 3 is 2.89 bits per heavy atom. The molecule has 2 N–H and O–H groups in total. The van der Waals surface area contributed by atoms with Crippen LogP contribution in [0.15, 0.2) is 24.3 Å². The van der Waals surface area contributed by atoms with E-state index in [2.05, 4.69) is 10.6 Å². The second-order valence-corrected chi connectivity index (χ2v) is 5.67. The maximum atomic E-state index is 13.3. The molecule has 1 aliphatic heterocycles. The van der Waals surface area contributed by atoms with Crippen molar-refractivity contribution >= 4 is 5.91 Å². The van der Waals surface area contributed by atoms with E-state index in [0.717, 1.165) is 31.5 Å². The molecule has 1 saturated heterocycles. The van der Waals surface area contributed by atoms with Crippen molar-refractivity contribution in [1.29, 1.82) is 0 Å². The van der Waals surface area contributed by atoms with Crippen LogP contribution in [-0.2, 0) is 10.3 Å². The molecule has 1 aliphatic rings. The summed E-state index contributed by atoms with van der Waals surface area (Å²) < 4.78 is 13.3. The summed E-state index contributed by atoms with van der Waals surface area (Å²) in [4.78, 5) is 12.2. The number of hydrogen-bond donors (Lipinski definition) is 2. The summed E-state index contributed by atoms with van der Waals surface area (Å²) in [5.41, 5.74) is 0.223. The van der Waals surface area contributed by atoms with Gasteiger partial charge in [-0.2, -0.15) is 0 Å². The number of nitrogens with one attached hydrogen (secondary N) is 2. The van der Waals surface area contributed by atoms with Crippen molar-refractivity contribution in [3.63, 3.8) is 0 Å². The van der Waals surface area contributed by atoms with Crippen molar-refractivity contribution < 1.29 is 9.18 Å². The van der Waals surface area contributed by atoms with E-state index >= 15 is 0 Å². The monoisotopic (exact) mass is 264 g/mol. The lowest BCUT2D eigenvalue weighted by molar-refractivity contribution is -0.127. The molecular formula is C15H21FN2O. The van der Waals surface area contributed by atoms with Crippen LogP contribution in [0.3, 0.4) is 0 Å². The first-order chi connectivity index (χ1) is 8.99. The molecule has 1 aromatic rings. The maximum Gasteiger partial charge on any atom is 0.225 e. The molecule has 1 aromatic carbocycles. The predicted molar refractivity (Wildman–Crippen MR) is 73.2 cm³/mol. The van der Waals surface area contributed by atoms with Crippen LogP contribution in [0.4, 0.5) is 4.39 Å². The number of rotatable bonds is 3. The third-order valence-corrected chi connectivity index (χ3v) is 3.65. The van der Waals surface area contributed by atoms with Gasteiger partial charge in [0.25, 0.3) is 0 Å². The van der Waals surface area contributed by atoms with Gasteiger partial charge in [0.2, 0.25) is 5.91 Å². The van der Waals surface area contributed by atoms with Gasteiger partial charge in [-0.25, -0.2) is 4.39 Å². The summed E-state index contributed by atoms with van der Waals surface area (Å²) in [7, 11) is 0. The average Bonchev–Trinajstić information content (AvgIpc) is 2.39. The van der Waals surface area contributed by atoms with E-state index in [1.54, 1.807) is 6.07 Å². The van der Waals surface area contributed by atoms with Crippen LogP contribution in [0.25, 0.3) is 0 Å². The average molecular weight is 264 g/mol. The lowest BCUT2D eigenvalue weighted by Gasteiger charge is -2.30. The zero-order valence-corrected chi connectivity index (χ0v) is 11.5. The highest BCUT2D eigenvalue weighted by Gasteiger charge is 2.28. The summed E-state index contributed by atoms with van der Waals surface area (Å²) >= 11 is 0. The van der Waals surface area contributed by atoms with Gasteiger partial charge in [-0.05, 0) is 50.9 Å². The third kappa shape index (κ3) is 3.53. The highest BCUT2D eigenvalue weighted by molar-refractivity contribution is 5.79. The van der Waals surface area contributed by atoms with Crippen LogP contribution >= 0.6 is 0 Å². The smallest absolute Gasteiger partial charge is 0.225 e. The van der Waals surface area contributed by atoms with Crippen molar-refractivity contribution in [1.82, 2.24) is 10.6 Å². The highest BCUT2D eigenvalue weighted by atomic mass is 19.1. The van der Waals surface area contributed by atoms with E-state index < -0.39 is 5.54 Å². The molecule has 0 aromatic heterocycles. The van der Waals surface area contributed by atoms with Gasteiger partial charge in [0.1, 0.15) is 5.82 Å². The quantitative estimate of drug-likeness (QED) is 0.878. The first-order valence-electron chi connectivity index (χ1n) is 6.78. The summed E-state index contributed by atoms with van der Waals surface area (Å²) in [6, 6.07) is 6.38. The molecule has 4 heteroatoms. The summed E-state index contributed by atoms with van der Waals surface area (Å²) in [5.74, 6) is -0.220. The maximum absolute atomic E-state index is 13.3. The molecule has 0 bridgehead atoms. The molecule has 1 fully saturated rings. The fourth-order valence-corrected chi connectivity index (χ4v) is 2.44. The van der Waals surface area contributed by atoms with Crippen molar-refractivity contribution in [3.05, 3.63) is 35.6 Å². The van der Waals surface area contributed by atoms with E-state index in [4.69, 9.17) is 0 Å². The minimum absolute atomic E-state index is 0.0154. The fourth-order valence-electron chi connectivity index (χ4n) is 2.44. The van der Waals surface area contributed by atoms with E-state index in [9.17, 15) is 9.18 Å². The Morgan fingerprint density at radius 2 is 2.26 bits per heavy atom. The SMILES string of the molecule is CC(C)(NC(=O)C1CCCNC1)c1cccc(F)c1. The van der Waals surface area contributed by atoms with Crippen LogP contribution in [0, 0.1) is 11.7 Å². The zero-order chi connectivity index (χ0) is 13.9. The van der Waals surface area contributed by atoms with Gasteiger partial charge in [0, 0.05) is 6.54 Å². The lowest BCUT2D eigenvalue weighted by atomic mass is 9.91. The number of piperidine rings is 1. The zero-order valence-electron chi connectivity index (χ0n) is 11.5. The van der Waals surface area contributed by atoms with E-state index in [0.29, 0.717) is 0 Å². The minimum Gasteiger partial charge on any atom is -0.347 e. The van der Waals surface area contributed by atoms with Crippen molar-refractivity contribution in [2.75, 3.05) is 13.1 Å². The Labute approximate surface area is 113 Å². The Hall–Kier alpha value is -1.42. The molecule has 0 saturated carbocycles. The Balaban J connectivity index is 2.05. The van der Waals surface area contributed by atoms with Gasteiger partial charge in [0.05, 0.1) is 11.5 Å². The molecule has 2 rings (SSSR count). The van der Waals surface area contributed by atoms with Gasteiger partial charge in [-0.1, -0.05) is 12.1 Å². The molecule has 0 radical (unpaired) electrons. The Morgan fingerprint density at radius 1 is 1.47 bits per heavy atom. The number of benzene rings is 1. The van der Waals surface area contributed by atoms with Crippen molar-refractivity contribution in [3.8, 4) is 0 Å². The Bertz CT molecular complexity index is 453. The van der Waals surface area contributed by atoms with E-state index in [1.165, 1.54) is 12.1 Å². The molecule has 1 amide bonds. The second-order valence-electron chi connectivity index (χ2n) is 5.67. The van der Waals surface area contributed by atoms with Crippen molar-refractivity contribution in [2.45, 2.75) is 32.2 Å². The van der Waals surface area contributed by atoms with Gasteiger partial charge in [-0.3, -0.25) is 4.79 Å². The first-order valence-corrected chi connectivity index (χ1v) is 6.78. The van der Waals surface area contributed by atoms with Crippen LogP contribution in [0.5, 0.6) is 0 Å². The molecule has 1 atom stereocenters. The van der Waals surface area contributed by atoms with Crippen LogP contribution < -0.4 is 10.6 Å². The summed E-state index contributed by atoms with van der Waals surface area (Å²) in [6.07, 6.45) is 1.94. The summed E-state index contributed by atoms with van der Waals surface area (Å²) in [6.45, 7) is 5.51. The number of halogens is 1. The van der Waals surface area contributed by atoms with Gasteiger partial charge >= 0.3 is 0 Å². The fraction of sp³-hybridized carbons (Fsp3) is 0.533. The second kappa shape index (κ2) is 5.70.